The quantitative estimate of drug-likeness (QED) is 0.654. The normalized spacial score (nSPS) is 16.0. The molecule has 0 saturated carbocycles. The van der Waals surface area contributed by atoms with Crippen LogP contribution < -0.4 is 10.6 Å². The molecule has 0 bridgehead atoms. The van der Waals surface area contributed by atoms with Crippen molar-refractivity contribution in [2.75, 3.05) is 18.5 Å². The zero-order chi connectivity index (χ0) is 21.1. The average Bonchev–Trinajstić information content (AvgIpc) is 3.35. The molecule has 1 atom stereocenters. The Morgan fingerprint density at radius 1 is 1.33 bits per heavy atom. The minimum atomic E-state index is -0.199. The number of nitrogens with zero attached hydrogens (tertiary/aromatic N) is 3. The summed E-state index contributed by atoms with van der Waals surface area (Å²) < 4.78 is 7.45. The zero-order valence-corrected chi connectivity index (χ0v) is 17.1. The van der Waals surface area contributed by atoms with Crippen LogP contribution in [-0.4, -0.2) is 45.6 Å². The number of nitrogens with one attached hydrogen (secondary N) is 2. The third-order valence-corrected chi connectivity index (χ3v) is 5.13. The average molecular weight is 407 g/mol. The van der Waals surface area contributed by atoms with E-state index in [1.807, 2.05) is 31.3 Å². The van der Waals surface area contributed by atoms with E-state index in [9.17, 15) is 9.59 Å². The molecule has 0 unspecified atom stereocenters. The lowest BCUT2D eigenvalue weighted by Gasteiger charge is -2.15. The third kappa shape index (κ3) is 4.18. The molecule has 8 heteroatoms. The summed E-state index contributed by atoms with van der Waals surface area (Å²) in [6.45, 7) is 5.18. The molecule has 0 radical (unpaired) electrons. The van der Waals surface area contributed by atoms with Gasteiger partial charge in [-0.05, 0) is 30.2 Å². The van der Waals surface area contributed by atoms with Gasteiger partial charge in [-0.2, -0.15) is 0 Å². The highest BCUT2D eigenvalue weighted by Gasteiger charge is 2.23. The van der Waals surface area contributed by atoms with Crippen molar-refractivity contribution < 1.29 is 14.3 Å². The molecule has 2 aromatic heterocycles. The van der Waals surface area contributed by atoms with Gasteiger partial charge < -0.3 is 19.9 Å². The summed E-state index contributed by atoms with van der Waals surface area (Å²) in [5, 5.41) is 5.84. The first-order chi connectivity index (χ1) is 14.5. The first kappa shape index (κ1) is 20.0. The number of anilines is 1. The van der Waals surface area contributed by atoms with Crippen LogP contribution in [-0.2, 0) is 22.5 Å². The Morgan fingerprint density at radius 2 is 2.20 bits per heavy atom. The number of aryl methyl sites for hydroxylation is 1. The van der Waals surface area contributed by atoms with Crippen LogP contribution in [0.5, 0.6) is 0 Å². The minimum Gasteiger partial charge on any atom is -0.379 e. The predicted octanol–water partition coefficient (Wildman–Crippen LogP) is 2.52. The van der Waals surface area contributed by atoms with E-state index in [0.717, 1.165) is 23.3 Å². The van der Waals surface area contributed by atoms with Crippen molar-refractivity contribution in [3.63, 3.8) is 0 Å². The first-order valence-corrected chi connectivity index (χ1v) is 10.1. The molecular formula is C22H25N5O3. The van der Waals surface area contributed by atoms with Crippen molar-refractivity contribution in [1.29, 1.82) is 0 Å². The molecule has 2 amide bonds. The summed E-state index contributed by atoms with van der Waals surface area (Å²) in [6, 6.07) is 7.40. The number of benzene rings is 1. The Bertz CT molecular complexity index is 1070. The maximum Gasteiger partial charge on any atom is 0.253 e. The van der Waals surface area contributed by atoms with Gasteiger partial charge in [-0.3, -0.25) is 14.6 Å². The second-order valence-corrected chi connectivity index (χ2v) is 7.44. The van der Waals surface area contributed by atoms with Gasteiger partial charge >= 0.3 is 0 Å². The molecule has 0 spiro atoms. The van der Waals surface area contributed by atoms with Crippen molar-refractivity contribution in [2.24, 2.45) is 0 Å². The Balaban J connectivity index is 1.83. The van der Waals surface area contributed by atoms with Crippen LogP contribution in [0.3, 0.4) is 0 Å². The lowest BCUT2D eigenvalue weighted by atomic mass is 10.1. The van der Waals surface area contributed by atoms with Crippen LogP contribution in [0.1, 0.15) is 42.0 Å². The fourth-order valence-electron chi connectivity index (χ4n) is 3.79. The fourth-order valence-corrected chi connectivity index (χ4v) is 3.79. The highest BCUT2D eigenvalue weighted by atomic mass is 16.5. The van der Waals surface area contributed by atoms with Gasteiger partial charge in [-0.15, -0.1) is 0 Å². The van der Waals surface area contributed by atoms with Gasteiger partial charge in [0.1, 0.15) is 5.82 Å². The van der Waals surface area contributed by atoms with Crippen molar-refractivity contribution in [3.8, 4) is 0 Å². The number of amides is 2. The number of rotatable bonds is 6. The Labute approximate surface area is 174 Å². The molecule has 3 aromatic rings. The Kier molecular flexibility index (Phi) is 5.76. The highest BCUT2D eigenvalue weighted by Crippen LogP contribution is 2.27. The number of carbonyl (C=O) groups is 2. The van der Waals surface area contributed by atoms with Crippen LogP contribution in [0.2, 0.25) is 0 Å². The number of hydrogen-bond acceptors (Lipinski definition) is 5. The van der Waals surface area contributed by atoms with Crippen molar-refractivity contribution in [1.82, 2.24) is 19.9 Å². The van der Waals surface area contributed by atoms with E-state index in [1.54, 1.807) is 12.3 Å². The summed E-state index contributed by atoms with van der Waals surface area (Å²) in [5.74, 6) is 0.472. The molecule has 30 heavy (non-hydrogen) atoms. The number of hydrogen-bond donors (Lipinski definition) is 2. The molecule has 1 aliphatic rings. The number of ether oxygens (including phenoxy) is 1. The number of carbonyl (C=O) groups excluding carboxylic acids is 2. The largest absolute Gasteiger partial charge is 0.379 e. The number of pyridine rings is 1. The van der Waals surface area contributed by atoms with Gasteiger partial charge in [0, 0.05) is 38.0 Å². The molecule has 1 aliphatic heterocycles. The van der Waals surface area contributed by atoms with E-state index in [1.165, 1.54) is 6.92 Å². The second kappa shape index (κ2) is 8.62. The molecule has 3 heterocycles. The van der Waals surface area contributed by atoms with Gasteiger partial charge in [-0.25, -0.2) is 4.98 Å². The smallest absolute Gasteiger partial charge is 0.253 e. The van der Waals surface area contributed by atoms with E-state index in [2.05, 4.69) is 20.2 Å². The van der Waals surface area contributed by atoms with Gasteiger partial charge in [-0.1, -0.05) is 13.0 Å². The van der Waals surface area contributed by atoms with Crippen LogP contribution in [0.25, 0.3) is 11.0 Å². The fraction of sp³-hybridized carbons (Fsp3) is 0.364. The molecular weight excluding hydrogens is 382 g/mol. The van der Waals surface area contributed by atoms with Crippen LogP contribution in [0, 0.1) is 0 Å². The lowest BCUT2D eigenvalue weighted by molar-refractivity contribution is -0.114. The van der Waals surface area contributed by atoms with Gasteiger partial charge in [0.25, 0.3) is 5.91 Å². The summed E-state index contributed by atoms with van der Waals surface area (Å²) >= 11 is 0. The molecule has 1 aromatic carbocycles. The first-order valence-electron chi connectivity index (χ1n) is 10.1. The molecule has 1 fully saturated rings. The molecule has 0 aliphatic carbocycles. The van der Waals surface area contributed by atoms with Crippen LogP contribution in [0.15, 0.2) is 36.7 Å². The maximum absolute atomic E-state index is 13.2. The maximum atomic E-state index is 13.2. The molecule has 1 saturated heterocycles. The number of fused-ring (bicyclic) bond motifs is 1. The molecule has 156 valence electrons. The van der Waals surface area contributed by atoms with E-state index >= 15 is 0 Å². The standard InChI is InChI=1S/C22H25N5O3/c1-3-20-26-19-10-17(24-14(2)28)9-18(22(29)25-16-6-8-30-13-16)21(19)27(20)12-15-5-4-7-23-11-15/h4-5,7,9-11,16H,3,6,8,12-13H2,1-2H3,(H,24,28)(H,25,29)/t16-/m0/s1. The van der Waals surface area contributed by atoms with E-state index in [4.69, 9.17) is 9.72 Å². The van der Waals surface area contributed by atoms with Gasteiger partial charge in [0.2, 0.25) is 5.91 Å². The third-order valence-electron chi connectivity index (χ3n) is 5.13. The Hall–Kier alpha value is -3.26. The number of imidazole rings is 1. The lowest BCUT2D eigenvalue weighted by Crippen LogP contribution is -2.35. The second-order valence-electron chi connectivity index (χ2n) is 7.44. The minimum absolute atomic E-state index is 0.0164. The van der Waals surface area contributed by atoms with Crippen molar-refractivity contribution >= 4 is 28.5 Å². The molecule has 4 rings (SSSR count). The number of aromatic nitrogens is 3. The van der Waals surface area contributed by atoms with Crippen molar-refractivity contribution in [3.05, 3.63) is 53.6 Å². The predicted molar refractivity (Wildman–Crippen MR) is 113 cm³/mol. The van der Waals surface area contributed by atoms with Crippen LogP contribution >= 0.6 is 0 Å². The van der Waals surface area contributed by atoms with Gasteiger partial charge in [0.05, 0.1) is 35.8 Å². The summed E-state index contributed by atoms with van der Waals surface area (Å²) in [5.41, 5.74) is 3.49. The van der Waals surface area contributed by atoms with Gasteiger partial charge in [0.15, 0.2) is 0 Å². The Morgan fingerprint density at radius 3 is 2.87 bits per heavy atom. The summed E-state index contributed by atoms with van der Waals surface area (Å²) in [4.78, 5) is 33.8. The molecule has 2 N–H and O–H groups in total. The van der Waals surface area contributed by atoms with E-state index in [-0.39, 0.29) is 17.9 Å². The summed E-state index contributed by atoms with van der Waals surface area (Å²) in [6.07, 6.45) is 5.04. The summed E-state index contributed by atoms with van der Waals surface area (Å²) in [7, 11) is 0. The SMILES string of the molecule is CCc1nc2cc(NC(C)=O)cc(C(=O)N[C@H]3CCOC3)c2n1Cc1cccnc1. The molecule has 8 nitrogen and oxygen atoms in total. The van der Waals surface area contributed by atoms with Crippen LogP contribution in [0.4, 0.5) is 5.69 Å². The monoisotopic (exact) mass is 407 g/mol. The highest BCUT2D eigenvalue weighted by molar-refractivity contribution is 6.07. The topological polar surface area (TPSA) is 98.1 Å². The zero-order valence-electron chi connectivity index (χ0n) is 17.1. The van der Waals surface area contributed by atoms with E-state index in [0.29, 0.717) is 42.9 Å². The van der Waals surface area contributed by atoms with Crippen molar-refractivity contribution in [2.45, 2.75) is 39.3 Å². The van der Waals surface area contributed by atoms with E-state index < -0.39 is 0 Å².